The highest BCUT2D eigenvalue weighted by atomic mass is 35.5. The molecule has 0 radical (unpaired) electrons. The Kier molecular flexibility index (Phi) is 9.41. The van der Waals surface area contributed by atoms with E-state index in [-0.39, 0.29) is 52.1 Å². The topological polar surface area (TPSA) is 115 Å². The molecule has 47 heavy (non-hydrogen) atoms. The number of hydroxylamine groups is 1. The first-order chi connectivity index (χ1) is 22.1. The number of piperidine rings is 1. The van der Waals surface area contributed by atoms with E-state index in [1.54, 1.807) is 6.92 Å². The number of amides is 2. The molecule has 0 aromatic heterocycles. The van der Waals surface area contributed by atoms with E-state index in [4.69, 9.17) is 11.6 Å². The van der Waals surface area contributed by atoms with Crippen molar-refractivity contribution in [1.29, 1.82) is 5.26 Å². The molecular weight excluding hydrogens is 649 g/mol. The quantitative estimate of drug-likeness (QED) is 0.283. The van der Waals surface area contributed by atoms with Gasteiger partial charge in [-0.15, -0.1) is 5.06 Å². The lowest BCUT2D eigenvalue weighted by atomic mass is 9.85. The van der Waals surface area contributed by atoms with Gasteiger partial charge in [0.1, 0.15) is 11.5 Å². The number of rotatable bonds is 4. The lowest BCUT2D eigenvalue weighted by Gasteiger charge is -2.45. The van der Waals surface area contributed by atoms with Gasteiger partial charge in [0.25, 0.3) is 5.91 Å². The molecule has 0 unspecified atom stereocenters. The maximum Gasteiger partial charge on any atom is 0.493 e. The summed E-state index contributed by atoms with van der Waals surface area (Å²) >= 11 is 6.78. The summed E-state index contributed by atoms with van der Waals surface area (Å²) in [4.78, 5) is 45.3. The monoisotopic (exact) mass is 679 g/mol. The Balaban J connectivity index is 1.53. The number of halogens is 6. The standard InChI is InChI=1S/C32H31ClF5N5O4/c1-30(17-25(44)40-27(41-30)24-9-2-3-15-42(24)21-11-13-31(34,35)14-12-21)22-8-5-10-23(26(22)33)43(47-29(46)32(36,37)38)28(45)20-7-4-6-19(16-20)18-39/h4-8,10,16,21,41H,2-3,9,11-15,17H2,1H3,(H,40,44)/b27-24+/t30-/m0/s1. The van der Waals surface area contributed by atoms with E-state index in [1.807, 2.05) is 6.07 Å². The Morgan fingerprint density at radius 3 is 2.51 bits per heavy atom. The fraction of sp³-hybridized carbons (Fsp3) is 0.438. The fourth-order valence-corrected chi connectivity index (χ4v) is 6.71. The highest BCUT2D eigenvalue weighted by molar-refractivity contribution is 6.35. The molecule has 250 valence electrons. The van der Waals surface area contributed by atoms with Crippen molar-refractivity contribution in [3.8, 4) is 6.07 Å². The van der Waals surface area contributed by atoms with Crippen molar-refractivity contribution >= 4 is 35.1 Å². The Morgan fingerprint density at radius 2 is 1.83 bits per heavy atom. The molecule has 1 aliphatic carbocycles. The van der Waals surface area contributed by atoms with Gasteiger partial charge in [0.05, 0.1) is 34.3 Å². The van der Waals surface area contributed by atoms with E-state index >= 15 is 0 Å². The summed E-state index contributed by atoms with van der Waals surface area (Å²) in [5, 5.41) is 15.3. The summed E-state index contributed by atoms with van der Waals surface area (Å²) in [7, 11) is 0. The molecule has 2 heterocycles. The second kappa shape index (κ2) is 13.0. The van der Waals surface area contributed by atoms with Crippen LogP contribution >= 0.6 is 11.6 Å². The number of nitrogens with zero attached hydrogens (tertiary/aromatic N) is 3. The summed E-state index contributed by atoms with van der Waals surface area (Å²) in [6.45, 7) is 2.27. The first-order valence-corrected chi connectivity index (χ1v) is 15.4. The van der Waals surface area contributed by atoms with Gasteiger partial charge in [-0.25, -0.2) is 13.6 Å². The van der Waals surface area contributed by atoms with Gasteiger partial charge in [0.2, 0.25) is 11.8 Å². The molecule has 0 spiro atoms. The molecule has 5 rings (SSSR count). The Labute approximate surface area is 272 Å². The maximum atomic E-state index is 13.9. The number of anilines is 1. The van der Waals surface area contributed by atoms with Gasteiger partial charge in [-0.05, 0) is 68.9 Å². The van der Waals surface area contributed by atoms with Crippen LogP contribution in [0.2, 0.25) is 5.02 Å². The van der Waals surface area contributed by atoms with Gasteiger partial charge in [-0.1, -0.05) is 29.8 Å². The average molecular weight is 680 g/mol. The lowest BCUT2D eigenvalue weighted by molar-refractivity contribution is -0.199. The van der Waals surface area contributed by atoms with Crippen LogP contribution in [0, 0.1) is 11.3 Å². The van der Waals surface area contributed by atoms with E-state index in [9.17, 15) is 41.6 Å². The summed E-state index contributed by atoms with van der Waals surface area (Å²) in [6, 6.07) is 10.8. The molecule has 2 amide bonds. The largest absolute Gasteiger partial charge is 0.493 e. The van der Waals surface area contributed by atoms with Crippen LogP contribution in [0.3, 0.4) is 0 Å². The second-order valence-corrected chi connectivity index (χ2v) is 12.4. The average Bonchev–Trinajstić information content (AvgIpc) is 3.02. The second-order valence-electron chi connectivity index (χ2n) is 12.0. The summed E-state index contributed by atoms with van der Waals surface area (Å²) in [5.74, 6) is -6.64. The summed E-state index contributed by atoms with van der Waals surface area (Å²) in [6.07, 6.45) is -3.30. The van der Waals surface area contributed by atoms with Crippen LogP contribution in [-0.4, -0.2) is 47.4 Å². The van der Waals surface area contributed by atoms with Gasteiger partial charge in [0, 0.05) is 31.0 Å². The van der Waals surface area contributed by atoms with Crippen molar-refractivity contribution in [3.05, 3.63) is 75.7 Å². The first kappa shape index (κ1) is 34.0. The number of nitriles is 1. The van der Waals surface area contributed by atoms with Crippen LogP contribution in [0.1, 0.15) is 79.8 Å². The van der Waals surface area contributed by atoms with Crippen molar-refractivity contribution in [2.75, 3.05) is 11.6 Å². The van der Waals surface area contributed by atoms with Crippen molar-refractivity contribution in [2.45, 2.75) is 82.0 Å². The minimum absolute atomic E-state index is 0.0296. The molecule has 15 heteroatoms. The smallest absolute Gasteiger partial charge is 0.369 e. The summed E-state index contributed by atoms with van der Waals surface area (Å²) in [5.41, 5.74) is -0.958. The van der Waals surface area contributed by atoms with Crippen LogP contribution in [0.5, 0.6) is 0 Å². The van der Waals surface area contributed by atoms with E-state index in [0.29, 0.717) is 31.6 Å². The predicted molar refractivity (Wildman–Crippen MR) is 160 cm³/mol. The van der Waals surface area contributed by atoms with Gasteiger partial charge >= 0.3 is 12.1 Å². The molecule has 0 bridgehead atoms. The molecular formula is C32H31ClF5N5O4. The van der Waals surface area contributed by atoms with Crippen LogP contribution < -0.4 is 15.7 Å². The van der Waals surface area contributed by atoms with Gasteiger partial charge in [-0.2, -0.15) is 18.4 Å². The number of nitrogens with one attached hydrogen (secondary N) is 2. The molecule has 3 fully saturated rings. The predicted octanol–water partition coefficient (Wildman–Crippen LogP) is 6.44. The number of likely N-dealkylation sites (tertiary alicyclic amines) is 1. The van der Waals surface area contributed by atoms with E-state index in [2.05, 4.69) is 20.4 Å². The fourth-order valence-electron chi connectivity index (χ4n) is 6.30. The number of hydrogen-bond acceptors (Lipinski definition) is 7. The molecule has 2 saturated heterocycles. The highest BCUT2D eigenvalue weighted by Gasteiger charge is 2.45. The van der Waals surface area contributed by atoms with Crippen molar-refractivity contribution < 1.29 is 41.2 Å². The number of benzene rings is 2. The first-order valence-electron chi connectivity index (χ1n) is 15.0. The molecule has 1 saturated carbocycles. The molecule has 2 aromatic carbocycles. The number of allylic oxidation sites excluding steroid dienone is 1. The Bertz CT molecular complexity index is 1650. The van der Waals surface area contributed by atoms with Gasteiger partial charge in [0.15, 0.2) is 0 Å². The van der Waals surface area contributed by atoms with Crippen LogP contribution in [0.25, 0.3) is 0 Å². The minimum atomic E-state index is -5.46. The summed E-state index contributed by atoms with van der Waals surface area (Å²) < 4.78 is 67.8. The van der Waals surface area contributed by atoms with Crippen LogP contribution in [-0.2, 0) is 20.0 Å². The Hall–Kier alpha value is -4.38. The van der Waals surface area contributed by atoms with Crippen LogP contribution in [0.15, 0.2) is 54.0 Å². The van der Waals surface area contributed by atoms with Crippen molar-refractivity contribution in [3.63, 3.8) is 0 Å². The third kappa shape index (κ3) is 7.30. The van der Waals surface area contributed by atoms with E-state index < -0.39 is 41.1 Å². The van der Waals surface area contributed by atoms with E-state index in [0.717, 1.165) is 24.6 Å². The molecule has 2 aromatic rings. The highest BCUT2D eigenvalue weighted by Crippen LogP contribution is 2.42. The number of hydrogen-bond donors (Lipinski definition) is 2. The van der Waals surface area contributed by atoms with Gasteiger partial charge in [-0.3, -0.25) is 9.59 Å². The molecule has 3 aliphatic rings. The third-order valence-electron chi connectivity index (χ3n) is 8.63. The van der Waals surface area contributed by atoms with Crippen molar-refractivity contribution in [2.24, 2.45) is 0 Å². The van der Waals surface area contributed by atoms with Gasteiger partial charge < -0.3 is 20.4 Å². The number of carbonyl (C=O) groups is 3. The number of alkyl halides is 5. The lowest BCUT2D eigenvalue weighted by Crippen LogP contribution is -2.55. The molecule has 1 atom stereocenters. The zero-order valence-electron chi connectivity index (χ0n) is 25.2. The van der Waals surface area contributed by atoms with E-state index in [1.165, 1.54) is 36.4 Å². The third-order valence-corrected chi connectivity index (χ3v) is 9.02. The zero-order chi connectivity index (χ0) is 34.1. The normalized spacial score (nSPS) is 23.3. The number of carbonyl (C=O) groups excluding carboxylic acids is 3. The SMILES string of the molecule is C[C@@]1(c2cccc(N(OC(=O)C(F)(F)F)C(=O)c3cccc(C#N)c3)c2Cl)CC(=O)N/C(=C2/CCCCN2C2CCC(F)(F)CC2)N1. The molecule has 2 aliphatic heterocycles. The minimum Gasteiger partial charge on any atom is -0.369 e. The zero-order valence-corrected chi connectivity index (χ0v) is 26.0. The molecule has 9 nitrogen and oxygen atoms in total. The van der Waals surface area contributed by atoms with Crippen molar-refractivity contribution in [1.82, 2.24) is 15.5 Å². The molecule has 2 N–H and O–H groups in total. The maximum absolute atomic E-state index is 13.9. The Morgan fingerprint density at radius 1 is 1.13 bits per heavy atom. The van der Waals surface area contributed by atoms with Crippen LogP contribution in [0.4, 0.5) is 27.6 Å².